The van der Waals surface area contributed by atoms with Crippen LogP contribution in [0.3, 0.4) is 0 Å². The van der Waals surface area contributed by atoms with E-state index >= 15 is 0 Å². The molecule has 0 aliphatic heterocycles. The summed E-state index contributed by atoms with van der Waals surface area (Å²) in [6, 6.07) is 13.1. The number of benzene rings is 2. The molecule has 3 rings (SSSR count). The van der Waals surface area contributed by atoms with Crippen molar-refractivity contribution in [3.8, 4) is 5.75 Å². The minimum Gasteiger partial charge on any atom is -0.506 e. The number of pyridine rings is 1. The Hall–Kier alpha value is -4.67. The number of fused-ring (bicyclic) bond motifs is 1. The molecule has 36 heavy (non-hydrogen) atoms. The van der Waals surface area contributed by atoms with Gasteiger partial charge >= 0.3 is 5.97 Å². The number of rotatable bonds is 9. The van der Waals surface area contributed by atoms with E-state index in [0.717, 1.165) is 5.56 Å². The zero-order valence-corrected chi connectivity index (χ0v) is 19.7. The topological polar surface area (TPSA) is 167 Å². The average molecular weight is 495 g/mol. The van der Waals surface area contributed by atoms with Crippen LogP contribution in [0.5, 0.6) is 5.75 Å². The molecule has 3 aromatic rings. The molecule has 0 aliphatic rings. The lowest BCUT2D eigenvalue weighted by atomic mass is 10.0. The summed E-state index contributed by atoms with van der Waals surface area (Å²) in [5.74, 6) is -3.67. The van der Waals surface area contributed by atoms with E-state index in [1.54, 1.807) is 12.1 Å². The molecular weight excluding hydrogens is 468 g/mol. The Morgan fingerprint density at radius 1 is 1.00 bits per heavy atom. The SMILES string of the molecule is CC(=O)N[C@H](Cc1ccccc1)C(=O)NCc1ccc2c(c1)c(O)c(C(=O)NCC(=O)O)c(=O)n2C. The number of hydrogen-bond donors (Lipinski definition) is 5. The van der Waals surface area contributed by atoms with Gasteiger partial charge in [-0.25, -0.2) is 0 Å². The maximum Gasteiger partial charge on any atom is 0.322 e. The van der Waals surface area contributed by atoms with Gasteiger partial charge in [0.25, 0.3) is 11.5 Å². The van der Waals surface area contributed by atoms with Crippen LogP contribution in [0.15, 0.2) is 53.3 Å². The quantitative estimate of drug-likeness (QED) is 0.287. The number of amides is 3. The Morgan fingerprint density at radius 2 is 1.69 bits per heavy atom. The standard InChI is InChI=1S/C25H26N4O7/c1-14(30)28-18(11-15-6-4-3-5-7-15)23(34)26-12-16-8-9-19-17(10-16)22(33)21(25(36)29(19)2)24(35)27-13-20(31)32/h3-10,18,33H,11-13H2,1-2H3,(H,26,34)(H,27,35)(H,28,30)(H,31,32)/t18-/m1/s1. The molecule has 1 atom stereocenters. The summed E-state index contributed by atoms with van der Waals surface area (Å²) < 4.78 is 1.17. The lowest BCUT2D eigenvalue weighted by Crippen LogP contribution is -2.47. The molecule has 0 aliphatic carbocycles. The van der Waals surface area contributed by atoms with E-state index in [1.807, 2.05) is 30.3 Å². The van der Waals surface area contributed by atoms with Gasteiger partial charge in [-0.1, -0.05) is 36.4 Å². The smallest absolute Gasteiger partial charge is 0.322 e. The van der Waals surface area contributed by atoms with Gasteiger partial charge in [-0.2, -0.15) is 0 Å². The second-order valence-electron chi connectivity index (χ2n) is 8.18. The molecule has 0 spiro atoms. The van der Waals surface area contributed by atoms with Crippen molar-refractivity contribution in [1.29, 1.82) is 0 Å². The summed E-state index contributed by atoms with van der Waals surface area (Å²) in [4.78, 5) is 60.2. The van der Waals surface area contributed by atoms with Crippen LogP contribution in [-0.2, 0) is 34.4 Å². The minimum absolute atomic E-state index is 0.0441. The van der Waals surface area contributed by atoms with Crippen molar-refractivity contribution in [3.05, 3.63) is 75.6 Å². The molecule has 3 amide bonds. The fourth-order valence-corrected chi connectivity index (χ4v) is 3.75. The highest BCUT2D eigenvalue weighted by Crippen LogP contribution is 2.27. The number of aryl methyl sites for hydroxylation is 1. The fraction of sp³-hybridized carbons (Fsp3) is 0.240. The molecule has 0 unspecified atom stereocenters. The number of nitrogens with zero attached hydrogens (tertiary/aromatic N) is 1. The average Bonchev–Trinajstić information content (AvgIpc) is 2.84. The van der Waals surface area contributed by atoms with Gasteiger partial charge in [0, 0.05) is 32.3 Å². The number of carbonyl (C=O) groups is 4. The Morgan fingerprint density at radius 3 is 2.33 bits per heavy atom. The first-order valence-corrected chi connectivity index (χ1v) is 11.0. The third kappa shape index (κ3) is 6.06. The molecule has 188 valence electrons. The van der Waals surface area contributed by atoms with E-state index in [4.69, 9.17) is 5.11 Å². The number of hydrogen-bond acceptors (Lipinski definition) is 6. The summed E-state index contributed by atoms with van der Waals surface area (Å²) >= 11 is 0. The molecule has 0 fully saturated rings. The van der Waals surface area contributed by atoms with Crippen LogP contribution in [0.1, 0.15) is 28.4 Å². The van der Waals surface area contributed by atoms with Gasteiger partial charge < -0.3 is 30.7 Å². The van der Waals surface area contributed by atoms with E-state index in [9.17, 15) is 29.1 Å². The summed E-state index contributed by atoms with van der Waals surface area (Å²) in [6.07, 6.45) is 0.293. The second kappa shape index (κ2) is 11.2. The summed E-state index contributed by atoms with van der Waals surface area (Å²) in [5.41, 5.74) is 0.395. The minimum atomic E-state index is -1.30. The van der Waals surface area contributed by atoms with Gasteiger partial charge in [-0.3, -0.25) is 24.0 Å². The van der Waals surface area contributed by atoms with E-state index in [0.29, 0.717) is 17.5 Å². The normalized spacial score (nSPS) is 11.5. The van der Waals surface area contributed by atoms with Crippen molar-refractivity contribution < 1.29 is 29.4 Å². The number of carboxylic acids is 1. The summed E-state index contributed by atoms with van der Waals surface area (Å²) in [5, 5.41) is 27.1. The van der Waals surface area contributed by atoms with Gasteiger partial charge in [-0.05, 0) is 23.3 Å². The van der Waals surface area contributed by atoms with E-state index in [2.05, 4.69) is 16.0 Å². The van der Waals surface area contributed by atoms with Gasteiger partial charge in [-0.15, -0.1) is 0 Å². The molecule has 5 N–H and O–H groups in total. The number of aliphatic carboxylic acids is 1. The van der Waals surface area contributed by atoms with Crippen LogP contribution >= 0.6 is 0 Å². The maximum atomic E-state index is 12.8. The first-order chi connectivity index (χ1) is 17.1. The third-order valence-electron chi connectivity index (χ3n) is 5.50. The number of nitrogens with one attached hydrogen (secondary N) is 3. The lowest BCUT2D eigenvalue weighted by Gasteiger charge is -2.18. The maximum absolute atomic E-state index is 12.8. The van der Waals surface area contributed by atoms with E-state index in [1.165, 1.54) is 24.6 Å². The molecular formula is C25H26N4O7. The molecule has 0 radical (unpaired) electrons. The molecule has 1 heterocycles. The molecule has 1 aromatic heterocycles. The highest BCUT2D eigenvalue weighted by atomic mass is 16.4. The predicted octanol–water partition coefficient (Wildman–Crippen LogP) is 0.422. The number of aromatic hydroxyl groups is 1. The summed E-state index contributed by atoms with van der Waals surface area (Å²) in [6.45, 7) is 0.651. The van der Waals surface area contributed by atoms with Crippen molar-refractivity contribution in [1.82, 2.24) is 20.5 Å². The van der Waals surface area contributed by atoms with Gasteiger partial charge in [0.05, 0.1) is 5.52 Å². The summed E-state index contributed by atoms with van der Waals surface area (Å²) in [7, 11) is 1.42. The van der Waals surface area contributed by atoms with Crippen LogP contribution in [-0.4, -0.2) is 51.1 Å². The van der Waals surface area contributed by atoms with Gasteiger partial charge in [0.1, 0.15) is 23.9 Å². The lowest BCUT2D eigenvalue weighted by molar-refractivity contribution is -0.135. The van der Waals surface area contributed by atoms with Crippen molar-refractivity contribution >= 4 is 34.6 Å². The van der Waals surface area contributed by atoms with Crippen molar-refractivity contribution in [3.63, 3.8) is 0 Å². The number of carboxylic acid groups (broad SMARTS) is 1. The Bertz CT molecular complexity index is 1380. The van der Waals surface area contributed by atoms with Crippen LogP contribution in [0.25, 0.3) is 10.9 Å². The number of aromatic nitrogens is 1. The van der Waals surface area contributed by atoms with Crippen LogP contribution in [0.2, 0.25) is 0 Å². The van der Waals surface area contributed by atoms with Gasteiger partial charge in [0.2, 0.25) is 11.8 Å². The van der Waals surface area contributed by atoms with Crippen molar-refractivity contribution in [2.24, 2.45) is 7.05 Å². The van der Waals surface area contributed by atoms with Crippen LogP contribution in [0, 0.1) is 0 Å². The zero-order chi connectivity index (χ0) is 26.4. The Balaban J connectivity index is 1.84. The highest BCUT2D eigenvalue weighted by Gasteiger charge is 2.23. The third-order valence-corrected chi connectivity index (χ3v) is 5.50. The van der Waals surface area contributed by atoms with Gasteiger partial charge in [0.15, 0.2) is 0 Å². The molecule has 0 saturated carbocycles. The van der Waals surface area contributed by atoms with E-state index < -0.39 is 47.2 Å². The van der Waals surface area contributed by atoms with E-state index in [-0.39, 0.29) is 17.8 Å². The largest absolute Gasteiger partial charge is 0.506 e. The Kier molecular flexibility index (Phi) is 8.05. The zero-order valence-electron chi connectivity index (χ0n) is 19.7. The fourth-order valence-electron chi connectivity index (χ4n) is 3.75. The van der Waals surface area contributed by atoms with Crippen molar-refractivity contribution in [2.75, 3.05) is 6.54 Å². The Labute approximate surface area is 205 Å². The predicted molar refractivity (Wildman–Crippen MR) is 130 cm³/mol. The first-order valence-electron chi connectivity index (χ1n) is 11.0. The molecule has 0 bridgehead atoms. The van der Waals surface area contributed by atoms with Crippen LogP contribution < -0.4 is 21.5 Å². The number of carbonyl (C=O) groups excluding carboxylic acids is 3. The first kappa shape index (κ1) is 25.9. The van der Waals surface area contributed by atoms with Crippen LogP contribution in [0.4, 0.5) is 0 Å². The molecule has 11 heteroatoms. The molecule has 0 saturated heterocycles. The molecule has 11 nitrogen and oxygen atoms in total. The highest BCUT2D eigenvalue weighted by molar-refractivity contribution is 6.03. The van der Waals surface area contributed by atoms with Crippen molar-refractivity contribution in [2.45, 2.75) is 25.9 Å². The monoisotopic (exact) mass is 494 g/mol. The molecule has 2 aromatic carbocycles. The second-order valence-corrected chi connectivity index (χ2v) is 8.18.